The normalized spacial score (nSPS) is 11.6. The molecule has 16 heavy (non-hydrogen) atoms. The minimum atomic E-state index is 0.110. The summed E-state index contributed by atoms with van der Waals surface area (Å²) in [6.45, 7) is 8.65. The van der Waals surface area contributed by atoms with E-state index in [1.165, 1.54) is 0 Å². The van der Waals surface area contributed by atoms with E-state index in [1.807, 2.05) is 6.07 Å². The van der Waals surface area contributed by atoms with Gasteiger partial charge in [-0.3, -0.25) is 0 Å². The fraction of sp³-hybridized carbons (Fsp3) is 0.667. The molecular formula is C12H20BrN3. The van der Waals surface area contributed by atoms with Crippen molar-refractivity contribution in [3.63, 3.8) is 0 Å². The molecule has 0 aromatic carbocycles. The first-order chi connectivity index (χ1) is 7.53. The van der Waals surface area contributed by atoms with E-state index in [2.05, 4.69) is 58.9 Å². The second kappa shape index (κ2) is 5.62. The second-order valence-corrected chi connectivity index (χ2v) is 5.05. The fourth-order valence-electron chi connectivity index (χ4n) is 1.42. The summed E-state index contributed by atoms with van der Waals surface area (Å²) >= 11 is 3.41. The Balaban J connectivity index is 2.92. The lowest BCUT2D eigenvalue weighted by molar-refractivity contribution is 0.476. The average Bonchev–Trinajstić information content (AvgIpc) is 2.28. The highest BCUT2D eigenvalue weighted by Crippen LogP contribution is 2.22. The molecular weight excluding hydrogens is 266 g/mol. The number of halogens is 1. The second-order valence-electron chi connectivity index (χ2n) is 4.24. The van der Waals surface area contributed by atoms with Crippen LogP contribution in [-0.2, 0) is 6.42 Å². The van der Waals surface area contributed by atoms with E-state index >= 15 is 0 Å². The Hall–Kier alpha value is -0.640. The molecule has 0 radical (unpaired) electrons. The zero-order chi connectivity index (χ0) is 12.2. The predicted molar refractivity (Wildman–Crippen MR) is 71.7 cm³/mol. The molecule has 1 N–H and O–H groups in total. The summed E-state index contributed by atoms with van der Waals surface area (Å²) in [5.41, 5.74) is 0.110. The molecule has 0 aliphatic carbocycles. The molecule has 0 aliphatic heterocycles. The zero-order valence-electron chi connectivity index (χ0n) is 10.5. The maximum atomic E-state index is 4.48. The molecule has 0 amide bonds. The predicted octanol–water partition coefficient (Wildman–Crippen LogP) is 3.79. The van der Waals surface area contributed by atoms with Crippen molar-refractivity contribution in [1.82, 2.24) is 9.97 Å². The summed E-state index contributed by atoms with van der Waals surface area (Å²) < 4.78 is 0.844. The van der Waals surface area contributed by atoms with Crippen molar-refractivity contribution in [3.05, 3.63) is 16.5 Å². The van der Waals surface area contributed by atoms with Crippen molar-refractivity contribution >= 4 is 21.7 Å². The highest BCUT2D eigenvalue weighted by atomic mass is 79.9. The lowest BCUT2D eigenvalue weighted by atomic mass is 9.96. The van der Waals surface area contributed by atoms with Gasteiger partial charge in [-0.15, -0.1) is 0 Å². The van der Waals surface area contributed by atoms with Crippen LogP contribution in [0.25, 0.3) is 0 Å². The molecule has 90 valence electrons. The third-order valence-electron chi connectivity index (χ3n) is 3.05. The van der Waals surface area contributed by atoms with Crippen LogP contribution in [0.3, 0.4) is 0 Å². The summed E-state index contributed by atoms with van der Waals surface area (Å²) in [5.74, 6) is 1.77. The van der Waals surface area contributed by atoms with Crippen molar-refractivity contribution in [2.24, 2.45) is 0 Å². The monoisotopic (exact) mass is 285 g/mol. The fourth-order valence-corrected chi connectivity index (χ4v) is 1.84. The van der Waals surface area contributed by atoms with Crippen LogP contribution in [0.15, 0.2) is 10.7 Å². The molecule has 0 spiro atoms. The van der Waals surface area contributed by atoms with E-state index in [1.54, 1.807) is 0 Å². The van der Waals surface area contributed by atoms with Crippen LogP contribution < -0.4 is 5.32 Å². The SMILES string of the molecule is CCc1nc(Br)cc(NC(C)(CC)CC)n1. The number of aryl methyl sites for hydroxylation is 1. The minimum absolute atomic E-state index is 0.110. The molecule has 1 rings (SSSR count). The molecule has 0 atom stereocenters. The van der Waals surface area contributed by atoms with Crippen molar-refractivity contribution in [2.75, 3.05) is 5.32 Å². The first-order valence-electron chi connectivity index (χ1n) is 5.84. The van der Waals surface area contributed by atoms with Crippen molar-refractivity contribution in [3.8, 4) is 0 Å². The van der Waals surface area contributed by atoms with Gasteiger partial charge in [0.15, 0.2) is 0 Å². The molecule has 0 saturated carbocycles. The summed E-state index contributed by atoms with van der Waals surface area (Å²) in [5, 5.41) is 3.49. The summed E-state index contributed by atoms with van der Waals surface area (Å²) in [6, 6.07) is 1.93. The van der Waals surface area contributed by atoms with Crippen LogP contribution in [0.1, 0.15) is 46.4 Å². The van der Waals surface area contributed by atoms with E-state index in [-0.39, 0.29) is 5.54 Å². The lowest BCUT2D eigenvalue weighted by Gasteiger charge is -2.29. The van der Waals surface area contributed by atoms with Crippen molar-refractivity contribution in [1.29, 1.82) is 0 Å². The Morgan fingerprint density at radius 2 is 1.88 bits per heavy atom. The minimum Gasteiger partial charge on any atom is -0.365 e. The van der Waals surface area contributed by atoms with E-state index in [0.29, 0.717) is 0 Å². The lowest BCUT2D eigenvalue weighted by Crippen LogP contribution is -2.33. The molecule has 0 bridgehead atoms. The summed E-state index contributed by atoms with van der Waals surface area (Å²) in [4.78, 5) is 8.78. The third kappa shape index (κ3) is 3.44. The smallest absolute Gasteiger partial charge is 0.131 e. The van der Waals surface area contributed by atoms with Crippen LogP contribution in [-0.4, -0.2) is 15.5 Å². The maximum absolute atomic E-state index is 4.48. The quantitative estimate of drug-likeness (QED) is 0.837. The molecule has 1 aromatic rings. The molecule has 3 nitrogen and oxygen atoms in total. The number of nitrogens with zero attached hydrogens (tertiary/aromatic N) is 2. The first-order valence-corrected chi connectivity index (χ1v) is 6.64. The number of rotatable bonds is 5. The van der Waals surface area contributed by atoms with E-state index in [4.69, 9.17) is 0 Å². The van der Waals surface area contributed by atoms with Gasteiger partial charge in [-0.2, -0.15) is 0 Å². The Bertz CT molecular complexity index is 348. The van der Waals surface area contributed by atoms with Gasteiger partial charge in [0.2, 0.25) is 0 Å². The van der Waals surface area contributed by atoms with Gasteiger partial charge < -0.3 is 5.32 Å². The average molecular weight is 286 g/mol. The Morgan fingerprint density at radius 1 is 1.25 bits per heavy atom. The molecule has 0 saturated heterocycles. The van der Waals surface area contributed by atoms with Crippen molar-refractivity contribution < 1.29 is 0 Å². The van der Waals surface area contributed by atoms with Crippen LogP contribution >= 0.6 is 15.9 Å². The highest BCUT2D eigenvalue weighted by Gasteiger charge is 2.19. The van der Waals surface area contributed by atoms with Gasteiger partial charge in [0.1, 0.15) is 16.2 Å². The number of nitrogens with one attached hydrogen (secondary N) is 1. The molecule has 1 aromatic heterocycles. The molecule has 1 heterocycles. The summed E-state index contributed by atoms with van der Waals surface area (Å²) in [7, 11) is 0. The van der Waals surface area contributed by atoms with Crippen LogP contribution in [0.4, 0.5) is 5.82 Å². The number of anilines is 1. The Morgan fingerprint density at radius 3 is 2.38 bits per heavy atom. The van der Waals surface area contributed by atoms with Gasteiger partial charge in [-0.25, -0.2) is 9.97 Å². The molecule has 0 aliphatic rings. The van der Waals surface area contributed by atoms with Gasteiger partial charge in [0, 0.05) is 18.0 Å². The van der Waals surface area contributed by atoms with E-state index in [0.717, 1.165) is 35.5 Å². The van der Waals surface area contributed by atoms with Gasteiger partial charge in [-0.05, 0) is 35.7 Å². The first kappa shape index (κ1) is 13.4. The number of hydrogen-bond donors (Lipinski definition) is 1. The zero-order valence-corrected chi connectivity index (χ0v) is 12.1. The van der Waals surface area contributed by atoms with Gasteiger partial charge in [0.25, 0.3) is 0 Å². The molecule has 0 unspecified atom stereocenters. The largest absolute Gasteiger partial charge is 0.365 e. The van der Waals surface area contributed by atoms with Gasteiger partial charge in [-0.1, -0.05) is 20.8 Å². The highest BCUT2D eigenvalue weighted by molar-refractivity contribution is 9.10. The summed E-state index contributed by atoms with van der Waals surface area (Å²) in [6.07, 6.45) is 3.00. The van der Waals surface area contributed by atoms with Gasteiger partial charge in [0.05, 0.1) is 0 Å². The van der Waals surface area contributed by atoms with Crippen LogP contribution in [0, 0.1) is 0 Å². The molecule has 4 heteroatoms. The third-order valence-corrected chi connectivity index (χ3v) is 3.45. The maximum Gasteiger partial charge on any atom is 0.131 e. The topological polar surface area (TPSA) is 37.8 Å². The van der Waals surface area contributed by atoms with Crippen molar-refractivity contribution in [2.45, 2.75) is 52.5 Å². The van der Waals surface area contributed by atoms with E-state index < -0.39 is 0 Å². The molecule has 0 fully saturated rings. The van der Waals surface area contributed by atoms with Crippen LogP contribution in [0.2, 0.25) is 0 Å². The Labute approximate surface area is 106 Å². The number of aromatic nitrogens is 2. The number of hydrogen-bond acceptors (Lipinski definition) is 3. The van der Waals surface area contributed by atoms with Crippen LogP contribution in [0.5, 0.6) is 0 Å². The standard InChI is InChI=1S/C12H20BrN3/c1-5-10-14-9(13)8-11(15-10)16-12(4,6-2)7-3/h8H,5-7H2,1-4H3,(H,14,15,16). The van der Waals surface area contributed by atoms with E-state index in [9.17, 15) is 0 Å². The van der Waals surface area contributed by atoms with Gasteiger partial charge >= 0.3 is 0 Å². The Kier molecular flexibility index (Phi) is 4.71.